The quantitative estimate of drug-likeness (QED) is 0.0941. The van der Waals surface area contributed by atoms with Gasteiger partial charge in [0.05, 0.1) is 0 Å². The summed E-state index contributed by atoms with van der Waals surface area (Å²) in [6.07, 6.45) is 31.3. The summed E-state index contributed by atoms with van der Waals surface area (Å²) < 4.78 is 10.2. The number of rotatable bonds is 20. The van der Waals surface area contributed by atoms with Crippen molar-refractivity contribution in [3.8, 4) is 5.75 Å². The van der Waals surface area contributed by atoms with E-state index in [4.69, 9.17) is 9.47 Å². The lowest BCUT2D eigenvalue weighted by Gasteiger charge is -2.15. The van der Waals surface area contributed by atoms with E-state index in [9.17, 15) is 24.3 Å². The summed E-state index contributed by atoms with van der Waals surface area (Å²) in [5, 5.41) is 11.8. The van der Waals surface area contributed by atoms with Crippen LogP contribution < -0.4 is 10.1 Å². The normalized spacial score (nSPS) is 12.7. The summed E-state index contributed by atoms with van der Waals surface area (Å²) in [7, 11) is 0. The first-order valence-corrected chi connectivity index (χ1v) is 14.6. The lowest BCUT2D eigenvalue weighted by molar-refractivity contribution is -0.143. The van der Waals surface area contributed by atoms with Crippen LogP contribution in [-0.4, -0.2) is 41.6 Å². The Labute approximate surface area is 255 Å². The van der Waals surface area contributed by atoms with Crippen LogP contribution in [0, 0.1) is 6.92 Å². The van der Waals surface area contributed by atoms with Crippen LogP contribution in [0.3, 0.4) is 0 Å². The van der Waals surface area contributed by atoms with Crippen molar-refractivity contribution >= 4 is 23.8 Å². The second kappa shape index (κ2) is 23.1. The molecule has 1 atom stereocenters. The second-order valence-corrected chi connectivity index (χ2v) is 9.60. The van der Waals surface area contributed by atoms with Crippen molar-refractivity contribution in [1.82, 2.24) is 5.32 Å². The molecule has 0 aliphatic heterocycles. The van der Waals surface area contributed by atoms with E-state index in [1.54, 1.807) is 13.0 Å². The van der Waals surface area contributed by atoms with Gasteiger partial charge in [-0.2, -0.15) is 0 Å². The van der Waals surface area contributed by atoms with Crippen LogP contribution in [0.5, 0.6) is 5.75 Å². The average molecular weight is 592 g/mol. The molecule has 1 aromatic rings. The molecule has 0 aliphatic carbocycles. The number of carboxylic acids is 1. The van der Waals surface area contributed by atoms with Crippen LogP contribution in [0.25, 0.3) is 0 Å². The smallest absolute Gasteiger partial charge is 0.342 e. The van der Waals surface area contributed by atoms with Gasteiger partial charge in [-0.1, -0.05) is 85.9 Å². The fourth-order valence-corrected chi connectivity index (χ4v) is 3.57. The van der Waals surface area contributed by atoms with Gasteiger partial charge in [-0.15, -0.1) is 0 Å². The molecule has 232 valence electrons. The van der Waals surface area contributed by atoms with Crippen LogP contribution in [0.15, 0.2) is 91.1 Å². The van der Waals surface area contributed by atoms with Crippen molar-refractivity contribution < 1.29 is 33.8 Å². The van der Waals surface area contributed by atoms with Gasteiger partial charge >= 0.3 is 17.9 Å². The number of esters is 2. The fraction of sp³-hybridized carbons (Fsp3) is 0.371. The number of carbonyl (C=O) groups excluding carboxylic acids is 3. The molecular formula is C35H45NO7. The van der Waals surface area contributed by atoms with E-state index in [1.807, 2.05) is 18.2 Å². The van der Waals surface area contributed by atoms with Crippen molar-refractivity contribution in [2.75, 3.05) is 6.61 Å². The number of hydrogen-bond donors (Lipinski definition) is 2. The number of aliphatic carboxylic acids is 1. The molecule has 0 spiro atoms. The summed E-state index contributed by atoms with van der Waals surface area (Å²) in [4.78, 5) is 47.6. The van der Waals surface area contributed by atoms with Gasteiger partial charge in [-0.3, -0.25) is 9.59 Å². The Kier molecular flexibility index (Phi) is 19.7. The molecule has 43 heavy (non-hydrogen) atoms. The van der Waals surface area contributed by atoms with Gasteiger partial charge < -0.3 is 19.9 Å². The van der Waals surface area contributed by atoms with Gasteiger partial charge in [0.2, 0.25) is 5.91 Å². The first-order valence-electron chi connectivity index (χ1n) is 14.6. The summed E-state index contributed by atoms with van der Waals surface area (Å²) in [6.45, 7) is 4.52. The lowest BCUT2D eigenvalue weighted by Crippen LogP contribution is -2.44. The molecule has 0 aromatic heterocycles. The van der Waals surface area contributed by atoms with E-state index in [2.05, 4.69) is 66.9 Å². The number of nitrogens with one attached hydrogen (secondary N) is 1. The van der Waals surface area contributed by atoms with Gasteiger partial charge in [0.25, 0.3) is 0 Å². The number of hydrogen-bond acceptors (Lipinski definition) is 6. The Morgan fingerprint density at radius 2 is 1.33 bits per heavy atom. The predicted molar refractivity (Wildman–Crippen MR) is 170 cm³/mol. The van der Waals surface area contributed by atoms with Gasteiger partial charge in [0.1, 0.15) is 17.9 Å². The summed E-state index contributed by atoms with van der Waals surface area (Å²) in [6, 6.07) is 3.15. The maximum absolute atomic E-state index is 12.5. The molecule has 0 aliphatic rings. The van der Waals surface area contributed by atoms with Crippen LogP contribution in [0.4, 0.5) is 0 Å². The highest BCUT2D eigenvalue weighted by molar-refractivity contribution is 5.94. The molecule has 8 nitrogen and oxygen atoms in total. The molecule has 0 saturated carbocycles. The van der Waals surface area contributed by atoms with Crippen molar-refractivity contribution in [3.05, 3.63) is 102 Å². The maximum Gasteiger partial charge on any atom is 0.342 e. The van der Waals surface area contributed by atoms with E-state index in [0.29, 0.717) is 6.42 Å². The molecular weight excluding hydrogens is 546 g/mol. The summed E-state index contributed by atoms with van der Waals surface area (Å²) in [5.41, 5.74) is 0.740. The molecule has 0 bridgehead atoms. The van der Waals surface area contributed by atoms with E-state index >= 15 is 0 Å². The number of carbonyl (C=O) groups is 4. The first kappa shape index (κ1) is 36.6. The Morgan fingerprint density at radius 3 is 1.81 bits per heavy atom. The third-order valence-corrected chi connectivity index (χ3v) is 5.76. The number of allylic oxidation sites excluding steroid dienone is 12. The van der Waals surface area contributed by atoms with Gasteiger partial charge in [0.15, 0.2) is 6.04 Å². The average Bonchev–Trinajstić information content (AvgIpc) is 2.96. The number of amides is 1. The third kappa shape index (κ3) is 18.6. The Bertz CT molecular complexity index is 1200. The summed E-state index contributed by atoms with van der Waals surface area (Å²) >= 11 is 0. The van der Waals surface area contributed by atoms with E-state index in [1.165, 1.54) is 19.1 Å². The number of carboxylic acid groups (broad SMARTS) is 1. The molecule has 8 heteroatoms. The molecule has 1 aromatic carbocycles. The Balaban J connectivity index is 2.30. The monoisotopic (exact) mass is 591 g/mol. The van der Waals surface area contributed by atoms with Crippen LogP contribution in [0.2, 0.25) is 0 Å². The lowest BCUT2D eigenvalue weighted by atomic mass is 10.1. The van der Waals surface area contributed by atoms with Crippen molar-refractivity contribution in [2.24, 2.45) is 0 Å². The van der Waals surface area contributed by atoms with Crippen LogP contribution >= 0.6 is 0 Å². The van der Waals surface area contributed by atoms with Crippen LogP contribution in [-0.2, 0) is 19.1 Å². The highest BCUT2D eigenvalue weighted by Gasteiger charge is 2.23. The number of aryl methyl sites for hydroxylation is 1. The zero-order valence-corrected chi connectivity index (χ0v) is 25.5. The van der Waals surface area contributed by atoms with Gasteiger partial charge in [0, 0.05) is 13.3 Å². The molecule has 0 fully saturated rings. The Hall–Kier alpha value is -4.46. The molecule has 0 heterocycles. The molecule has 0 saturated heterocycles. The third-order valence-electron chi connectivity index (χ3n) is 5.76. The van der Waals surface area contributed by atoms with Crippen LogP contribution in [0.1, 0.15) is 81.1 Å². The molecule has 2 N–H and O–H groups in total. The predicted octanol–water partition coefficient (Wildman–Crippen LogP) is 7.12. The standard InChI is InChI=1S/C35H45NO7/c1-4-5-6-7-8-9-10-11-12-13-14-15-16-17-18-19-20-21-22-23-33(38)36-31(34(39)40)27-42-35(41)30-25-24-28(2)26-32(30)43-29(3)37/h5-6,8-9,11-12,14-15,17-18,20-21,24-26,31H,4,7,10,13,16,19,22-23,27H2,1-3H3,(H,36,38)(H,39,40)/b6-5-,9-8-,12-11-,15-14-,18-17-,21-20-. The van der Waals surface area contributed by atoms with E-state index in [-0.39, 0.29) is 17.7 Å². The minimum Gasteiger partial charge on any atom is -0.480 e. The van der Waals surface area contributed by atoms with E-state index < -0.39 is 36.5 Å². The number of benzene rings is 1. The fourth-order valence-electron chi connectivity index (χ4n) is 3.57. The highest BCUT2D eigenvalue weighted by atomic mass is 16.5. The maximum atomic E-state index is 12.5. The minimum absolute atomic E-state index is 0.0183. The zero-order valence-electron chi connectivity index (χ0n) is 25.5. The molecule has 1 unspecified atom stereocenters. The van der Waals surface area contributed by atoms with Crippen molar-refractivity contribution in [2.45, 2.75) is 78.2 Å². The van der Waals surface area contributed by atoms with Gasteiger partial charge in [-0.25, -0.2) is 9.59 Å². The van der Waals surface area contributed by atoms with Gasteiger partial charge in [-0.05, 0) is 69.6 Å². The molecule has 1 rings (SSSR count). The second-order valence-electron chi connectivity index (χ2n) is 9.60. The number of ether oxygens (including phenoxy) is 2. The highest BCUT2D eigenvalue weighted by Crippen LogP contribution is 2.21. The summed E-state index contributed by atoms with van der Waals surface area (Å²) in [5.74, 6) is -3.26. The minimum atomic E-state index is -1.41. The topological polar surface area (TPSA) is 119 Å². The SMILES string of the molecule is CC/C=C\C/C=C\C/C=C\C/C=C\C/C=C\C/C=C\CCC(=O)NC(COC(=O)c1ccc(C)cc1OC(C)=O)C(=O)O. The Morgan fingerprint density at radius 1 is 0.814 bits per heavy atom. The molecule has 0 radical (unpaired) electrons. The zero-order chi connectivity index (χ0) is 31.7. The molecule has 1 amide bonds. The van der Waals surface area contributed by atoms with Crippen molar-refractivity contribution in [1.29, 1.82) is 0 Å². The largest absolute Gasteiger partial charge is 0.480 e. The van der Waals surface area contributed by atoms with E-state index in [0.717, 1.165) is 44.1 Å². The first-order chi connectivity index (χ1) is 20.7. The van der Waals surface area contributed by atoms with Crippen molar-refractivity contribution in [3.63, 3.8) is 0 Å².